The van der Waals surface area contributed by atoms with Crippen LogP contribution in [0.1, 0.15) is 37.6 Å². The summed E-state index contributed by atoms with van der Waals surface area (Å²) in [5, 5.41) is 4.53. The Bertz CT molecular complexity index is 356. The molecular weight excluding hydrogens is 200 g/mol. The molecule has 90 valence electrons. The lowest BCUT2D eigenvalue weighted by Crippen LogP contribution is -2.26. The Morgan fingerprint density at radius 2 is 2.31 bits per heavy atom. The van der Waals surface area contributed by atoms with Crippen molar-refractivity contribution in [2.75, 3.05) is 13.1 Å². The normalized spacial score (nSPS) is 22.2. The minimum atomic E-state index is 0.362. The summed E-state index contributed by atoms with van der Waals surface area (Å²) in [6, 6.07) is 0.800. The number of hydrogen-bond acceptors (Lipinski definition) is 3. The Labute approximate surface area is 97.4 Å². The lowest BCUT2D eigenvalue weighted by atomic mass is 10.2. The fraction of sp³-hybridized carbons (Fsp3) is 0.750. The number of hydrogen-bond donors (Lipinski definition) is 1. The van der Waals surface area contributed by atoms with Crippen LogP contribution in [0.3, 0.4) is 0 Å². The van der Waals surface area contributed by atoms with Gasteiger partial charge >= 0.3 is 0 Å². The second kappa shape index (κ2) is 4.55. The van der Waals surface area contributed by atoms with Gasteiger partial charge in [0, 0.05) is 43.5 Å². The largest absolute Gasteiger partial charge is 0.326 e. The van der Waals surface area contributed by atoms with Gasteiger partial charge in [0.1, 0.15) is 0 Å². The van der Waals surface area contributed by atoms with Crippen molar-refractivity contribution < 1.29 is 0 Å². The molecule has 1 aliphatic rings. The summed E-state index contributed by atoms with van der Waals surface area (Å²) < 4.78 is 2.04. The van der Waals surface area contributed by atoms with Gasteiger partial charge in [-0.05, 0) is 27.2 Å². The molecule has 1 aliphatic heterocycles. The second-order valence-corrected chi connectivity index (χ2v) is 5.10. The van der Waals surface area contributed by atoms with Crippen LogP contribution >= 0.6 is 0 Å². The van der Waals surface area contributed by atoms with E-state index in [1.54, 1.807) is 0 Å². The highest BCUT2D eigenvalue weighted by Crippen LogP contribution is 2.16. The van der Waals surface area contributed by atoms with E-state index < -0.39 is 0 Å². The summed E-state index contributed by atoms with van der Waals surface area (Å²) in [4.78, 5) is 2.42. The molecule has 4 heteroatoms. The minimum absolute atomic E-state index is 0.362. The van der Waals surface area contributed by atoms with E-state index in [9.17, 15) is 0 Å². The van der Waals surface area contributed by atoms with E-state index in [0.717, 1.165) is 31.7 Å². The molecule has 0 aliphatic carbocycles. The standard InChI is InChI=1S/C12H22N4/c1-9(2)16-7-11(10(3)14-16)6-15-5-4-12(13)8-15/h7,9,12H,4-6,8,13H2,1-3H3/t12-/m0/s1. The average molecular weight is 222 g/mol. The van der Waals surface area contributed by atoms with E-state index >= 15 is 0 Å². The van der Waals surface area contributed by atoms with Gasteiger partial charge in [0.2, 0.25) is 0 Å². The Hall–Kier alpha value is -0.870. The highest BCUT2D eigenvalue weighted by Gasteiger charge is 2.20. The van der Waals surface area contributed by atoms with Crippen molar-refractivity contribution in [1.82, 2.24) is 14.7 Å². The van der Waals surface area contributed by atoms with Gasteiger partial charge in [-0.2, -0.15) is 5.10 Å². The Kier molecular flexibility index (Phi) is 3.30. The third-order valence-corrected chi connectivity index (χ3v) is 3.25. The lowest BCUT2D eigenvalue weighted by Gasteiger charge is -2.14. The molecule has 16 heavy (non-hydrogen) atoms. The molecule has 4 nitrogen and oxygen atoms in total. The highest BCUT2D eigenvalue weighted by molar-refractivity contribution is 5.15. The SMILES string of the molecule is Cc1nn(C(C)C)cc1CN1CC[C@H](N)C1. The Morgan fingerprint density at radius 1 is 1.56 bits per heavy atom. The third kappa shape index (κ3) is 2.44. The summed E-state index contributed by atoms with van der Waals surface area (Å²) in [6.07, 6.45) is 3.29. The van der Waals surface area contributed by atoms with Gasteiger partial charge < -0.3 is 5.73 Å². The first-order valence-electron chi connectivity index (χ1n) is 6.09. The maximum absolute atomic E-state index is 5.91. The van der Waals surface area contributed by atoms with Crippen LogP contribution in [0.15, 0.2) is 6.20 Å². The van der Waals surface area contributed by atoms with Crippen LogP contribution in [-0.4, -0.2) is 33.8 Å². The first-order valence-corrected chi connectivity index (χ1v) is 6.09. The van der Waals surface area contributed by atoms with Crippen LogP contribution < -0.4 is 5.73 Å². The molecule has 1 atom stereocenters. The molecular formula is C12H22N4. The number of nitrogens with two attached hydrogens (primary N) is 1. The van der Waals surface area contributed by atoms with Crippen molar-refractivity contribution in [2.24, 2.45) is 5.73 Å². The van der Waals surface area contributed by atoms with E-state index in [-0.39, 0.29) is 0 Å². The fourth-order valence-corrected chi connectivity index (χ4v) is 2.19. The first kappa shape index (κ1) is 11.6. The predicted molar refractivity (Wildman–Crippen MR) is 65.2 cm³/mol. The van der Waals surface area contributed by atoms with Crippen LogP contribution in [0.4, 0.5) is 0 Å². The fourth-order valence-electron chi connectivity index (χ4n) is 2.19. The molecule has 1 fully saturated rings. The number of aromatic nitrogens is 2. The number of aryl methyl sites for hydroxylation is 1. The third-order valence-electron chi connectivity index (χ3n) is 3.25. The summed E-state index contributed by atoms with van der Waals surface area (Å²) in [7, 11) is 0. The molecule has 2 rings (SSSR count). The predicted octanol–water partition coefficient (Wildman–Crippen LogP) is 1.31. The van der Waals surface area contributed by atoms with E-state index in [1.807, 2.05) is 4.68 Å². The number of rotatable bonds is 3. The van der Waals surface area contributed by atoms with Gasteiger partial charge in [0.25, 0.3) is 0 Å². The van der Waals surface area contributed by atoms with Crippen LogP contribution in [0.25, 0.3) is 0 Å². The van der Waals surface area contributed by atoms with Crippen LogP contribution in [-0.2, 0) is 6.54 Å². The van der Waals surface area contributed by atoms with E-state index in [2.05, 4.69) is 37.0 Å². The van der Waals surface area contributed by atoms with Crippen LogP contribution in [0, 0.1) is 6.92 Å². The molecule has 0 radical (unpaired) electrons. The van der Waals surface area contributed by atoms with Crippen molar-refractivity contribution in [2.45, 2.75) is 45.8 Å². The summed E-state index contributed by atoms with van der Waals surface area (Å²) in [5.41, 5.74) is 8.39. The van der Waals surface area contributed by atoms with Crippen molar-refractivity contribution in [3.8, 4) is 0 Å². The molecule has 2 N–H and O–H groups in total. The van der Waals surface area contributed by atoms with Gasteiger partial charge in [-0.3, -0.25) is 9.58 Å². The average Bonchev–Trinajstić information content (AvgIpc) is 2.75. The smallest absolute Gasteiger partial charge is 0.0638 e. The van der Waals surface area contributed by atoms with Crippen molar-refractivity contribution >= 4 is 0 Å². The molecule has 0 spiro atoms. The van der Waals surface area contributed by atoms with E-state index in [0.29, 0.717) is 12.1 Å². The van der Waals surface area contributed by atoms with Gasteiger partial charge in [0.05, 0.1) is 5.69 Å². The van der Waals surface area contributed by atoms with Crippen LogP contribution in [0.5, 0.6) is 0 Å². The Morgan fingerprint density at radius 3 is 2.81 bits per heavy atom. The molecule has 0 bridgehead atoms. The molecule has 1 aromatic rings. The van der Waals surface area contributed by atoms with Gasteiger partial charge in [-0.15, -0.1) is 0 Å². The molecule has 0 aromatic carbocycles. The van der Waals surface area contributed by atoms with E-state index in [1.165, 1.54) is 5.56 Å². The summed E-state index contributed by atoms with van der Waals surface area (Å²) in [5.74, 6) is 0. The minimum Gasteiger partial charge on any atom is -0.326 e. The zero-order chi connectivity index (χ0) is 11.7. The highest BCUT2D eigenvalue weighted by atomic mass is 15.3. The molecule has 1 saturated heterocycles. The lowest BCUT2D eigenvalue weighted by molar-refractivity contribution is 0.326. The maximum atomic E-state index is 5.91. The maximum Gasteiger partial charge on any atom is 0.0638 e. The number of nitrogens with zero attached hydrogens (tertiary/aromatic N) is 3. The van der Waals surface area contributed by atoms with Crippen molar-refractivity contribution in [3.05, 3.63) is 17.5 Å². The zero-order valence-electron chi connectivity index (χ0n) is 10.5. The molecule has 2 heterocycles. The first-order chi connectivity index (χ1) is 7.56. The number of likely N-dealkylation sites (tertiary alicyclic amines) is 1. The van der Waals surface area contributed by atoms with Crippen molar-refractivity contribution in [3.63, 3.8) is 0 Å². The molecule has 0 amide bonds. The van der Waals surface area contributed by atoms with Gasteiger partial charge in [0.15, 0.2) is 0 Å². The van der Waals surface area contributed by atoms with Gasteiger partial charge in [-0.25, -0.2) is 0 Å². The molecule has 1 aromatic heterocycles. The van der Waals surface area contributed by atoms with E-state index in [4.69, 9.17) is 5.73 Å². The topological polar surface area (TPSA) is 47.1 Å². The zero-order valence-corrected chi connectivity index (χ0v) is 10.5. The van der Waals surface area contributed by atoms with Crippen LogP contribution in [0.2, 0.25) is 0 Å². The quantitative estimate of drug-likeness (QED) is 0.838. The monoisotopic (exact) mass is 222 g/mol. The summed E-state index contributed by atoms with van der Waals surface area (Å²) >= 11 is 0. The molecule has 0 saturated carbocycles. The second-order valence-electron chi connectivity index (χ2n) is 5.10. The van der Waals surface area contributed by atoms with Gasteiger partial charge in [-0.1, -0.05) is 0 Å². The summed E-state index contributed by atoms with van der Waals surface area (Å²) in [6.45, 7) is 9.53. The Balaban J connectivity index is 2.04. The molecule has 0 unspecified atom stereocenters. The van der Waals surface area contributed by atoms with Crippen molar-refractivity contribution in [1.29, 1.82) is 0 Å².